The molecule has 0 aromatic heterocycles. The Morgan fingerprint density at radius 2 is 1.75 bits per heavy atom. The van der Waals surface area contributed by atoms with Gasteiger partial charge >= 0.3 is 0 Å². The Labute approximate surface area is 142 Å². The summed E-state index contributed by atoms with van der Waals surface area (Å²) in [5.74, 6) is -0.568. The predicted molar refractivity (Wildman–Crippen MR) is 92.0 cm³/mol. The Balaban J connectivity index is 1.83. The molecule has 2 N–H and O–H groups in total. The van der Waals surface area contributed by atoms with E-state index in [1.165, 1.54) is 24.3 Å². The predicted octanol–water partition coefficient (Wildman–Crippen LogP) is 2.18. The molecule has 1 saturated heterocycles. The molecule has 0 radical (unpaired) electrons. The topological polar surface area (TPSA) is 80.5 Å². The molecule has 0 bridgehead atoms. The van der Waals surface area contributed by atoms with E-state index in [0.717, 1.165) is 18.4 Å². The summed E-state index contributed by atoms with van der Waals surface area (Å²) in [6, 6.07) is 15.7. The van der Waals surface area contributed by atoms with Crippen molar-refractivity contribution in [1.29, 1.82) is 0 Å². The quantitative estimate of drug-likeness (QED) is 0.903. The molecular weight excluding hydrogens is 324 g/mol. The largest absolute Gasteiger partial charge is 0.366 e. The van der Waals surface area contributed by atoms with Gasteiger partial charge in [0.1, 0.15) is 0 Å². The third-order valence-corrected chi connectivity index (χ3v) is 6.35. The van der Waals surface area contributed by atoms with Crippen LogP contribution in [0.1, 0.15) is 28.8 Å². The van der Waals surface area contributed by atoms with E-state index in [0.29, 0.717) is 18.5 Å². The maximum atomic E-state index is 12.9. The van der Waals surface area contributed by atoms with Crippen molar-refractivity contribution in [3.63, 3.8) is 0 Å². The van der Waals surface area contributed by atoms with Crippen molar-refractivity contribution in [1.82, 2.24) is 4.31 Å². The number of benzene rings is 2. The zero-order valence-electron chi connectivity index (χ0n) is 13.3. The van der Waals surface area contributed by atoms with E-state index in [2.05, 4.69) is 0 Å². The molecule has 6 heteroatoms. The van der Waals surface area contributed by atoms with Gasteiger partial charge in [0.15, 0.2) is 0 Å². The molecular formula is C18H20N2O3S. The average Bonchev–Trinajstić information content (AvgIpc) is 3.05. The Morgan fingerprint density at radius 1 is 1.08 bits per heavy atom. The first-order valence-corrected chi connectivity index (χ1v) is 9.38. The van der Waals surface area contributed by atoms with Crippen molar-refractivity contribution in [2.75, 3.05) is 6.54 Å². The van der Waals surface area contributed by atoms with E-state index in [1.807, 2.05) is 30.3 Å². The van der Waals surface area contributed by atoms with Crippen LogP contribution in [0.4, 0.5) is 0 Å². The zero-order chi connectivity index (χ0) is 17.2. The summed E-state index contributed by atoms with van der Waals surface area (Å²) >= 11 is 0. The van der Waals surface area contributed by atoms with Gasteiger partial charge in [0.25, 0.3) is 0 Å². The molecule has 0 unspecified atom stereocenters. The van der Waals surface area contributed by atoms with Crippen LogP contribution in [0.15, 0.2) is 59.5 Å². The van der Waals surface area contributed by atoms with Crippen molar-refractivity contribution in [3.05, 3.63) is 65.7 Å². The van der Waals surface area contributed by atoms with Crippen LogP contribution in [0.25, 0.3) is 0 Å². The third kappa shape index (κ3) is 3.34. The van der Waals surface area contributed by atoms with Gasteiger partial charge in [0.05, 0.1) is 4.90 Å². The standard InChI is InChI=1S/C18H20N2O3S/c19-18(21)15-8-10-17(11-9-15)24(22,23)20-12-4-7-16(20)13-14-5-2-1-3-6-14/h1-3,5-6,8-11,16H,4,7,12-13H2,(H2,19,21)/t16-/m0/s1. The van der Waals surface area contributed by atoms with Crippen LogP contribution < -0.4 is 5.73 Å². The number of amides is 1. The summed E-state index contributed by atoms with van der Waals surface area (Å²) < 4.78 is 27.4. The van der Waals surface area contributed by atoms with Crippen molar-refractivity contribution in [2.24, 2.45) is 5.73 Å². The van der Waals surface area contributed by atoms with E-state index in [9.17, 15) is 13.2 Å². The van der Waals surface area contributed by atoms with Crippen LogP contribution >= 0.6 is 0 Å². The molecule has 0 spiro atoms. The van der Waals surface area contributed by atoms with Crippen molar-refractivity contribution < 1.29 is 13.2 Å². The summed E-state index contributed by atoms with van der Waals surface area (Å²) in [6.45, 7) is 0.525. The number of nitrogens with two attached hydrogens (primary N) is 1. The highest BCUT2D eigenvalue weighted by atomic mass is 32.2. The van der Waals surface area contributed by atoms with Gasteiger partial charge in [0.2, 0.25) is 15.9 Å². The van der Waals surface area contributed by atoms with E-state index < -0.39 is 15.9 Å². The van der Waals surface area contributed by atoms with Gasteiger partial charge in [-0.2, -0.15) is 4.31 Å². The smallest absolute Gasteiger partial charge is 0.248 e. The third-order valence-electron chi connectivity index (χ3n) is 4.38. The molecule has 1 fully saturated rings. The second-order valence-corrected chi connectivity index (χ2v) is 7.88. The van der Waals surface area contributed by atoms with Crippen LogP contribution in [0.5, 0.6) is 0 Å². The second kappa shape index (κ2) is 6.75. The van der Waals surface area contributed by atoms with Gasteiger partial charge in [-0.3, -0.25) is 4.79 Å². The van der Waals surface area contributed by atoms with Gasteiger partial charge in [0, 0.05) is 18.2 Å². The minimum Gasteiger partial charge on any atom is -0.366 e. The van der Waals surface area contributed by atoms with Gasteiger partial charge in [-0.05, 0) is 49.1 Å². The normalized spacial score (nSPS) is 18.6. The lowest BCUT2D eigenvalue weighted by atomic mass is 10.1. The van der Waals surface area contributed by atoms with Gasteiger partial charge < -0.3 is 5.73 Å². The first-order valence-electron chi connectivity index (χ1n) is 7.94. The SMILES string of the molecule is NC(=O)c1ccc(S(=O)(=O)N2CCC[C@H]2Cc2ccccc2)cc1. The van der Waals surface area contributed by atoms with E-state index in [1.54, 1.807) is 4.31 Å². The molecule has 5 nitrogen and oxygen atoms in total. The van der Waals surface area contributed by atoms with E-state index in [4.69, 9.17) is 5.73 Å². The lowest BCUT2D eigenvalue weighted by Gasteiger charge is -2.24. The Morgan fingerprint density at radius 3 is 2.38 bits per heavy atom. The monoisotopic (exact) mass is 344 g/mol. The number of rotatable bonds is 5. The molecule has 0 aliphatic carbocycles. The summed E-state index contributed by atoms with van der Waals surface area (Å²) in [7, 11) is -3.57. The molecule has 126 valence electrons. The number of hydrogen-bond donors (Lipinski definition) is 1. The summed E-state index contributed by atoms with van der Waals surface area (Å²) in [6.07, 6.45) is 2.42. The maximum absolute atomic E-state index is 12.9. The van der Waals surface area contributed by atoms with Crippen LogP contribution in [-0.4, -0.2) is 31.2 Å². The molecule has 2 aromatic carbocycles. The lowest BCUT2D eigenvalue weighted by Crippen LogP contribution is -2.36. The summed E-state index contributed by atoms with van der Waals surface area (Å²) in [4.78, 5) is 11.3. The van der Waals surface area contributed by atoms with Crippen LogP contribution in [0.2, 0.25) is 0 Å². The average molecular weight is 344 g/mol. The molecule has 3 rings (SSSR count). The minimum absolute atomic E-state index is 0.0341. The van der Waals surface area contributed by atoms with Gasteiger partial charge in [-0.1, -0.05) is 30.3 Å². The van der Waals surface area contributed by atoms with Crippen LogP contribution in [-0.2, 0) is 16.4 Å². The molecule has 1 amide bonds. The van der Waals surface area contributed by atoms with Crippen molar-refractivity contribution in [3.8, 4) is 0 Å². The number of nitrogens with zero attached hydrogens (tertiary/aromatic N) is 1. The maximum Gasteiger partial charge on any atom is 0.248 e. The lowest BCUT2D eigenvalue weighted by molar-refractivity contribution is 0.1000. The number of carbonyl (C=O) groups excluding carboxylic acids is 1. The highest BCUT2D eigenvalue weighted by molar-refractivity contribution is 7.89. The number of sulfonamides is 1. The molecule has 1 aliphatic heterocycles. The number of primary amides is 1. The fourth-order valence-corrected chi connectivity index (χ4v) is 4.84. The first-order chi connectivity index (χ1) is 11.5. The molecule has 2 aromatic rings. The Hall–Kier alpha value is -2.18. The molecule has 24 heavy (non-hydrogen) atoms. The molecule has 1 heterocycles. The van der Waals surface area contributed by atoms with Gasteiger partial charge in [-0.15, -0.1) is 0 Å². The molecule has 1 aliphatic rings. The van der Waals surface area contributed by atoms with E-state index in [-0.39, 0.29) is 10.9 Å². The molecule has 0 saturated carbocycles. The highest BCUT2D eigenvalue weighted by Gasteiger charge is 2.35. The second-order valence-electron chi connectivity index (χ2n) is 5.99. The Kier molecular flexibility index (Phi) is 4.69. The minimum atomic E-state index is -3.57. The Bertz CT molecular complexity index is 817. The highest BCUT2D eigenvalue weighted by Crippen LogP contribution is 2.28. The first kappa shape index (κ1) is 16.7. The van der Waals surface area contributed by atoms with Crippen molar-refractivity contribution >= 4 is 15.9 Å². The van der Waals surface area contributed by atoms with Crippen molar-refractivity contribution in [2.45, 2.75) is 30.2 Å². The van der Waals surface area contributed by atoms with Crippen LogP contribution in [0.3, 0.4) is 0 Å². The molecule has 1 atom stereocenters. The zero-order valence-corrected chi connectivity index (χ0v) is 14.1. The summed E-state index contributed by atoms with van der Waals surface area (Å²) in [5.41, 5.74) is 6.64. The fourth-order valence-electron chi connectivity index (χ4n) is 3.14. The van der Waals surface area contributed by atoms with Gasteiger partial charge in [-0.25, -0.2) is 8.42 Å². The summed E-state index contributed by atoms with van der Waals surface area (Å²) in [5, 5.41) is 0. The fraction of sp³-hybridized carbons (Fsp3) is 0.278. The van der Waals surface area contributed by atoms with Crippen LogP contribution in [0, 0.1) is 0 Å². The number of hydrogen-bond acceptors (Lipinski definition) is 3. The van der Waals surface area contributed by atoms with E-state index >= 15 is 0 Å². The number of carbonyl (C=O) groups is 1.